The molecule has 0 atom stereocenters. The lowest BCUT2D eigenvalue weighted by Gasteiger charge is -2.34. The Bertz CT molecular complexity index is 313. The molecule has 0 bridgehead atoms. The van der Waals surface area contributed by atoms with Gasteiger partial charge in [0.1, 0.15) is 0 Å². The average Bonchev–Trinajstić information content (AvgIpc) is 2.41. The van der Waals surface area contributed by atoms with Crippen molar-refractivity contribution in [2.24, 2.45) is 0 Å². The SMILES string of the molecule is CC(C)NCCCC(=O)N1CCN(CCC(=O)O)CC1. The summed E-state index contributed by atoms with van der Waals surface area (Å²) in [6.45, 7) is 8.65. The molecule has 6 heteroatoms. The molecule has 1 amide bonds. The fourth-order valence-corrected chi connectivity index (χ4v) is 2.26. The molecular weight excluding hydrogens is 258 g/mol. The quantitative estimate of drug-likeness (QED) is 0.631. The van der Waals surface area contributed by atoms with Crippen LogP contribution in [0.4, 0.5) is 0 Å². The molecule has 116 valence electrons. The van der Waals surface area contributed by atoms with Crippen LogP contribution in [0.15, 0.2) is 0 Å². The maximum absolute atomic E-state index is 12.0. The van der Waals surface area contributed by atoms with E-state index in [-0.39, 0.29) is 12.3 Å². The van der Waals surface area contributed by atoms with E-state index >= 15 is 0 Å². The number of nitrogens with zero attached hydrogens (tertiary/aromatic N) is 2. The number of nitrogens with one attached hydrogen (secondary N) is 1. The summed E-state index contributed by atoms with van der Waals surface area (Å²) in [5.74, 6) is -0.547. The molecule has 0 aromatic rings. The lowest BCUT2D eigenvalue weighted by Crippen LogP contribution is -2.49. The molecule has 6 nitrogen and oxygen atoms in total. The third-order valence-electron chi connectivity index (χ3n) is 3.49. The monoisotopic (exact) mass is 285 g/mol. The predicted octanol–water partition coefficient (Wildman–Crippen LogP) is 0.384. The van der Waals surface area contributed by atoms with Crippen LogP contribution < -0.4 is 5.32 Å². The molecule has 0 aliphatic carbocycles. The number of carboxylic acid groups (broad SMARTS) is 1. The van der Waals surface area contributed by atoms with Gasteiger partial charge in [0.2, 0.25) is 5.91 Å². The number of piperazine rings is 1. The maximum atomic E-state index is 12.0. The van der Waals surface area contributed by atoms with Crippen molar-refractivity contribution < 1.29 is 14.7 Å². The van der Waals surface area contributed by atoms with Crippen LogP contribution in [0.25, 0.3) is 0 Å². The molecule has 0 unspecified atom stereocenters. The van der Waals surface area contributed by atoms with E-state index in [0.29, 0.717) is 19.0 Å². The highest BCUT2D eigenvalue weighted by Gasteiger charge is 2.20. The molecule has 1 saturated heterocycles. The molecule has 20 heavy (non-hydrogen) atoms. The van der Waals surface area contributed by atoms with Gasteiger partial charge < -0.3 is 15.3 Å². The van der Waals surface area contributed by atoms with E-state index < -0.39 is 5.97 Å². The smallest absolute Gasteiger partial charge is 0.304 e. The van der Waals surface area contributed by atoms with Gasteiger partial charge in [-0.25, -0.2) is 0 Å². The van der Waals surface area contributed by atoms with Crippen molar-refractivity contribution >= 4 is 11.9 Å². The Labute approximate surface area is 121 Å². The first-order valence-electron chi connectivity index (χ1n) is 7.44. The molecule has 0 aromatic heterocycles. The summed E-state index contributed by atoms with van der Waals surface area (Å²) in [6.07, 6.45) is 1.64. The van der Waals surface area contributed by atoms with Crippen molar-refractivity contribution in [3.05, 3.63) is 0 Å². The van der Waals surface area contributed by atoms with E-state index in [9.17, 15) is 9.59 Å². The van der Waals surface area contributed by atoms with Crippen LogP contribution in [0.1, 0.15) is 33.1 Å². The summed E-state index contributed by atoms with van der Waals surface area (Å²) in [7, 11) is 0. The van der Waals surface area contributed by atoms with Crippen molar-refractivity contribution in [2.45, 2.75) is 39.2 Å². The van der Waals surface area contributed by atoms with Gasteiger partial charge in [-0.2, -0.15) is 0 Å². The number of aliphatic carboxylic acids is 1. The largest absolute Gasteiger partial charge is 0.481 e. The van der Waals surface area contributed by atoms with Gasteiger partial charge in [0.15, 0.2) is 0 Å². The van der Waals surface area contributed by atoms with Crippen LogP contribution in [0.3, 0.4) is 0 Å². The van der Waals surface area contributed by atoms with Gasteiger partial charge in [0.25, 0.3) is 0 Å². The number of carbonyl (C=O) groups excluding carboxylic acids is 1. The summed E-state index contributed by atoms with van der Waals surface area (Å²) < 4.78 is 0. The van der Waals surface area contributed by atoms with Gasteiger partial charge in [-0.1, -0.05) is 13.8 Å². The first-order valence-corrected chi connectivity index (χ1v) is 7.44. The minimum Gasteiger partial charge on any atom is -0.481 e. The van der Waals surface area contributed by atoms with E-state index in [2.05, 4.69) is 24.1 Å². The summed E-state index contributed by atoms with van der Waals surface area (Å²) in [6, 6.07) is 0.461. The molecule has 1 aliphatic rings. The summed E-state index contributed by atoms with van der Waals surface area (Å²) in [5.41, 5.74) is 0. The summed E-state index contributed by atoms with van der Waals surface area (Å²) in [4.78, 5) is 26.5. The zero-order chi connectivity index (χ0) is 15.0. The summed E-state index contributed by atoms with van der Waals surface area (Å²) in [5, 5.41) is 12.0. The Balaban J connectivity index is 2.14. The third-order valence-corrected chi connectivity index (χ3v) is 3.49. The molecule has 0 saturated carbocycles. The fraction of sp³-hybridized carbons (Fsp3) is 0.857. The molecule has 0 spiro atoms. The lowest BCUT2D eigenvalue weighted by atomic mass is 10.2. The van der Waals surface area contributed by atoms with Crippen molar-refractivity contribution in [3.8, 4) is 0 Å². The van der Waals surface area contributed by atoms with Crippen LogP contribution >= 0.6 is 0 Å². The zero-order valence-electron chi connectivity index (χ0n) is 12.6. The Morgan fingerprint density at radius 1 is 1.15 bits per heavy atom. The van der Waals surface area contributed by atoms with Crippen LogP contribution in [-0.2, 0) is 9.59 Å². The second kappa shape index (κ2) is 8.92. The van der Waals surface area contributed by atoms with Gasteiger partial charge in [-0.15, -0.1) is 0 Å². The second-order valence-electron chi connectivity index (χ2n) is 5.58. The number of hydrogen-bond donors (Lipinski definition) is 2. The average molecular weight is 285 g/mol. The number of amides is 1. The number of rotatable bonds is 8. The minimum absolute atomic E-state index is 0.175. The molecule has 1 rings (SSSR count). The van der Waals surface area contributed by atoms with Gasteiger partial charge in [0, 0.05) is 45.2 Å². The van der Waals surface area contributed by atoms with E-state index in [1.807, 2.05) is 4.90 Å². The molecule has 0 aromatic carbocycles. The first kappa shape index (κ1) is 16.9. The topological polar surface area (TPSA) is 72.9 Å². The van der Waals surface area contributed by atoms with Gasteiger partial charge >= 0.3 is 5.97 Å². The highest BCUT2D eigenvalue weighted by Crippen LogP contribution is 2.05. The van der Waals surface area contributed by atoms with E-state index in [1.54, 1.807) is 0 Å². The Kier molecular flexibility index (Phi) is 7.54. The molecule has 1 heterocycles. The Hall–Kier alpha value is -1.14. The fourth-order valence-electron chi connectivity index (χ4n) is 2.26. The molecule has 2 N–H and O–H groups in total. The molecule has 0 radical (unpaired) electrons. The number of carbonyl (C=O) groups is 2. The van der Waals surface area contributed by atoms with Crippen molar-refractivity contribution in [2.75, 3.05) is 39.3 Å². The Morgan fingerprint density at radius 2 is 1.80 bits per heavy atom. The molecular formula is C14H27N3O3. The van der Waals surface area contributed by atoms with Gasteiger partial charge in [-0.3, -0.25) is 14.5 Å². The summed E-state index contributed by atoms with van der Waals surface area (Å²) >= 11 is 0. The molecule has 1 fully saturated rings. The number of carboxylic acids is 1. The maximum Gasteiger partial charge on any atom is 0.304 e. The van der Waals surface area contributed by atoms with Crippen LogP contribution in [0, 0.1) is 0 Å². The zero-order valence-corrected chi connectivity index (χ0v) is 12.6. The van der Waals surface area contributed by atoms with Gasteiger partial charge in [-0.05, 0) is 13.0 Å². The highest BCUT2D eigenvalue weighted by molar-refractivity contribution is 5.76. The standard InChI is InChI=1S/C14H27N3O3/c1-12(2)15-6-3-4-13(18)17-10-8-16(9-11-17)7-5-14(19)20/h12,15H,3-11H2,1-2H3,(H,19,20). The van der Waals surface area contributed by atoms with Gasteiger partial charge in [0.05, 0.1) is 6.42 Å². The van der Waals surface area contributed by atoms with Crippen LogP contribution in [0.2, 0.25) is 0 Å². The molecule has 1 aliphatic heterocycles. The Morgan fingerprint density at radius 3 is 2.35 bits per heavy atom. The highest BCUT2D eigenvalue weighted by atomic mass is 16.4. The normalized spacial score (nSPS) is 16.6. The third kappa shape index (κ3) is 6.86. The minimum atomic E-state index is -0.763. The van der Waals surface area contributed by atoms with E-state index in [4.69, 9.17) is 5.11 Å². The predicted molar refractivity (Wildman–Crippen MR) is 77.6 cm³/mol. The van der Waals surface area contributed by atoms with E-state index in [0.717, 1.165) is 39.1 Å². The second-order valence-corrected chi connectivity index (χ2v) is 5.58. The first-order chi connectivity index (χ1) is 9.49. The lowest BCUT2D eigenvalue weighted by molar-refractivity contribution is -0.138. The number of hydrogen-bond acceptors (Lipinski definition) is 4. The van der Waals surface area contributed by atoms with Crippen molar-refractivity contribution in [1.29, 1.82) is 0 Å². The van der Waals surface area contributed by atoms with Crippen molar-refractivity contribution in [1.82, 2.24) is 15.1 Å². The van der Waals surface area contributed by atoms with E-state index in [1.165, 1.54) is 0 Å². The van der Waals surface area contributed by atoms with Crippen molar-refractivity contribution in [3.63, 3.8) is 0 Å². The van der Waals surface area contributed by atoms with Crippen LogP contribution in [0.5, 0.6) is 0 Å². The van der Waals surface area contributed by atoms with Crippen LogP contribution in [-0.4, -0.2) is 72.1 Å².